The van der Waals surface area contributed by atoms with Crippen molar-refractivity contribution in [3.8, 4) is 0 Å². The summed E-state index contributed by atoms with van der Waals surface area (Å²) in [5, 5.41) is 0. The third kappa shape index (κ3) is 3.47. The molecule has 2 N–H and O–H groups in total. The smallest absolute Gasteiger partial charge is 0.239 e. The summed E-state index contributed by atoms with van der Waals surface area (Å²) in [4.78, 5) is 13.5. The average Bonchev–Trinajstić information content (AvgIpc) is 2.67. The first-order chi connectivity index (χ1) is 7.02. The lowest BCUT2D eigenvalue weighted by Gasteiger charge is -2.25. The van der Waals surface area contributed by atoms with Crippen molar-refractivity contribution in [3.63, 3.8) is 0 Å². The predicted octanol–water partition coefficient (Wildman–Crippen LogP) is 0.607. The molecule has 0 bridgehead atoms. The molecule has 1 aliphatic rings. The molecule has 0 aromatic carbocycles. The summed E-state index contributed by atoms with van der Waals surface area (Å²) in [6.07, 6.45) is 2.36. The first kappa shape index (κ1) is 12.5. The molecule has 88 valence electrons. The zero-order valence-corrected chi connectivity index (χ0v) is 9.90. The van der Waals surface area contributed by atoms with Crippen LogP contribution in [0.25, 0.3) is 0 Å². The van der Waals surface area contributed by atoms with Gasteiger partial charge in [-0.15, -0.1) is 0 Å². The van der Waals surface area contributed by atoms with Gasteiger partial charge < -0.3 is 15.4 Å². The van der Waals surface area contributed by atoms with Gasteiger partial charge in [-0.05, 0) is 18.8 Å². The fourth-order valence-corrected chi connectivity index (χ4v) is 1.72. The van der Waals surface area contributed by atoms with Crippen LogP contribution in [0, 0.1) is 5.92 Å². The molecule has 1 fully saturated rings. The molecule has 0 saturated carbocycles. The molecule has 0 aromatic rings. The van der Waals surface area contributed by atoms with E-state index in [2.05, 4.69) is 0 Å². The van der Waals surface area contributed by atoms with Crippen LogP contribution < -0.4 is 5.73 Å². The van der Waals surface area contributed by atoms with Gasteiger partial charge in [0.2, 0.25) is 5.91 Å². The molecule has 1 saturated heterocycles. The first-order valence-electron chi connectivity index (χ1n) is 5.64. The molecule has 2 atom stereocenters. The van der Waals surface area contributed by atoms with E-state index in [1.165, 1.54) is 0 Å². The van der Waals surface area contributed by atoms with Gasteiger partial charge in [0, 0.05) is 20.2 Å². The Labute approximate surface area is 91.8 Å². The number of amides is 1. The SMILES string of the molecule is CC(C)C(N)C(=O)N(C)CC1CCCO1. The van der Waals surface area contributed by atoms with E-state index in [-0.39, 0.29) is 17.9 Å². The van der Waals surface area contributed by atoms with Crippen molar-refractivity contribution < 1.29 is 9.53 Å². The third-order valence-corrected chi connectivity index (χ3v) is 2.88. The largest absolute Gasteiger partial charge is 0.376 e. The van der Waals surface area contributed by atoms with Crippen LogP contribution in [0.1, 0.15) is 26.7 Å². The van der Waals surface area contributed by atoms with Crippen LogP contribution in [0.4, 0.5) is 0 Å². The highest BCUT2D eigenvalue weighted by molar-refractivity contribution is 5.81. The summed E-state index contributed by atoms with van der Waals surface area (Å²) in [6.45, 7) is 5.41. The molecule has 1 amide bonds. The number of hydrogen-bond donors (Lipinski definition) is 1. The Kier molecular flexibility index (Phi) is 4.54. The number of ether oxygens (including phenoxy) is 1. The molecule has 0 aromatic heterocycles. The molecular formula is C11H22N2O2. The Morgan fingerprint density at radius 1 is 1.60 bits per heavy atom. The van der Waals surface area contributed by atoms with Gasteiger partial charge in [0.25, 0.3) is 0 Å². The molecule has 1 heterocycles. The minimum absolute atomic E-state index is 0.0144. The number of carbonyl (C=O) groups is 1. The van der Waals surface area contributed by atoms with Crippen LogP contribution in [0.3, 0.4) is 0 Å². The van der Waals surface area contributed by atoms with E-state index in [9.17, 15) is 4.79 Å². The Balaban J connectivity index is 2.38. The zero-order valence-electron chi connectivity index (χ0n) is 9.90. The Hall–Kier alpha value is -0.610. The topological polar surface area (TPSA) is 55.6 Å². The summed E-state index contributed by atoms with van der Waals surface area (Å²) in [6, 6.07) is -0.392. The van der Waals surface area contributed by atoms with Gasteiger partial charge in [-0.2, -0.15) is 0 Å². The van der Waals surface area contributed by atoms with Crippen LogP contribution in [0.5, 0.6) is 0 Å². The molecule has 0 aliphatic carbocycles. The van der Waals surface area contributed by atoms with Gasteiger partial charge in [-0.3, -0.25) is 4.79 Å². The summed E-state index contributed by atoms with van der Waals surface area (Å²) in [5.74, 6) is 0.199. The van der Waals surface area contributed by atoms with Crippen LogP contribution in [-0.4, -0.2) is 43.2 Å². The van der Waals surface area contributed by atoms with Crippen molar-refractivity contribution in [1.29, 1.82) is 0 Å². The molecule has 15 heavy (non-hydrogen) atoms. The van der Waals surface area contributed by atoms with E-state index >= 15 is 0 Å². The normalized spacial score (nSPS) is 23.1. The maximum absolute atomic E-state index is 11.8. The van der Waals surface area contributed by atoms with Crippen molar-refractivity contribution in [2.75, 3.05) is 20.2 Å². The van der Waals surface area contributed by atoms with E-state index in [0.29, 0.717) is 6.54 Å². The fraction of sp³-hybridized carbons (Fsp3) is 0.909. The lowest BCUT2D eigenvalue weighted by Crippen LogP contribution is -2.46. The van der Waals surface area contributed by atoms with Crippen molar-refractivity contribution in [2.45, 2.75) is 38.8 Å². The number of nitrogens with zero attached hydrogens (tertiary/aromatic N) is 1. The number of likely N-dealkylation sites (N-methyl/N-ethyl adjacent to an activating group) is 1. The highest BCUT2D eigenvalue weighted by atomic mass is 16.5. The highest BCUT2D eigenvalue weighted by Gasteiger charge is 2.24. The summed E-state index contributed by atoms with van der Waals surface area (Å²) < 4.78 is 5.48. The fourth-order valence-electron chi connectivity index (χ4n) is 1.72. The Morgan fingerprint density at radius 2 is 2.27 bits per heavy atom. The van der Waals surface area contributed by atoms with Crippen LogP contribution in [0.15, 0.2) is 0 Å². The van der Waals surface area contributed by atoms with E-state index in [1.807, 2.05) is 13.8 Å². The second-order valence-electron chi connectivity index (χ2n) is 4.62. The second-order valence-corrected chi connectivity index (χ2v) is 4.62. The molecular weight excluding hydrogens is 192 g/mol. The summed E-state index contributed by atoms with van der Waals surface area (Å²) in [7, 11) is 1.80. The van der Waals surface area contributed by atoms with Crippen molar-refractivity contribution >= 4 is 5.91 Å². The minimum atomic E-state index is -0.392. The van der Waals surface area contributed by atoms with E-state index in [4.69, 9.17) is 10.5 Å². The number of rotatable bonds is 4. The van der Waals surface area contributed by atoms with Gasteiger partial charge in [0.15, 0.2) is 0 Å². The number of carbonyl (C=O) groups excluding carboxylic acids is 1. The molecule has 2 unspecified atom stereocenters. The molecule has 4 nitrogen and oxygen atoms in total. The predicted molar refractivity (Wildman–Crippen MR) is 59.4 cm³/mol. The van der Waals surface area contributed by atoms with Gasteiger partial charge in [-0.25, -0.2) is 0 Å². The van der Waals surface area contributed by atoms with Crippen LogP contribution >= 0.6 is 0 Å². The lowest BCUT2D eigenvalue weighted by molar-refractivity contribution is -0.133. The number of nitrogens with two attached hydrogens (primary N) is 1. The average molecular weight is 214 g/mol. The highest BCUT2D eigenvalue weighted by Crippen LogP contribution is 2.13. The van der Waals surface area contributed by atoms with Crippen molar-refractivity contribution in [1.82, 2.24) is 4.90 Å². The molecule has 1 aliphatic heterocycles. The molecule has 0 spiro atoms. The maximum Gasteiger partial charge on any atom is 0.239 e. The number of hydrogen-bond acceptors (Lipinski definition) is 3. The Morgan fingerprint density at radius 3 is 2.73 bits per heavy atom. The van der Waals surface area contributed by atoms with E-state index < -0.39 is 6.04 Å². The van der Waals surface area contributed by atoms with E-state index in [1.54, 1.807) is 11.9 Å². The van der Waals surface area contributed by atoms with Crippen LogP contribution in [0.2, 0.25) is 0 Å². The first-order valence-corrected chi connectivity index (χ1v) is 5.64. The van der Waals surface area contributed by atoms with Gasteiger partial charge in [-0.1, -0.05) is 13.8 Å². The molecule has 0 radical (unpaired) electrons. The lowest BCUT2D eigenvalue weighted by atomic mass is 10.0. The minimum Gasteiger partial charge on any atom is -0.376 e. The van der Waals surface area contributed by atoms with Crippen molar-refractivity contribution in [2.24, 2.45) is 11.7 Å². The summed E-state index contributed by atoms with van der Waals surface area (Å²) in [5.41, 5.74) is 5.80. The van der Waals surface area contributed by atoms with Crippen molar-refractivity contribution in [3.05, 3.63) is 0 Å². The standard InChI is InChI=1S/C11H22N2O2/c1-8(2)10(12)11(14)13(3)7-9-5-4-6-15-9/h8-10H,4-7,12H2,1-3H3. The zero-order chi connectivity index (χ0) is 11.4. The monoisotopic (exact) mass is 214 g/mol. The Bertz CT molecular complexity index is 213. The second kappa shape index (κ2) is 5.47. The van der Waals surface area contributed by atoms with Gasteiger partial charge >= 0.3 is 0 Å². The van der Waals surface area contributed by atoms with Gasteiger partial charge in [0.05, 0.1) is 12.1 Å². The molecule has 4 heteroatoms. The molecule has 1 rings (SSSR count). The van der Waals surface area contributed by atoms with Gasteiger partial charge in [0.1, 0.15) is 0 Å². The summed E-state index contributed by atoms with van der Waals surface area (Å²) >= 11 is 0. The third-order valence-electron chi connectivity index (χ3n) is 2.88. The maximum atomic E-state index is 11.8. The van der Waals surface area contributed by atoms with Crippen LogP contribution in [-0.2, 0) is 9.53 Å². The quantitative estimate of drug-likeness (QED) is 0.746. The van der Waals surface area contributed by atoms with E-state index in [0.717, 1.165) is 19.4 Å².